The fourth-order valence-electron chi connectivity index (χ4n) is 0.549. The van der Waals surface area contributed by atoms with Gasteiger partial charge in [-0.3, -0.25) is 0 Å². The molecule has 1 aromatic rings. The van der Waals surface area contributed by atoms with E-state index in [-0.39, 0.29) is 0 Å². The van der Waals surface area contributed by atoms with Crippen LogP contribution >= 0.6 is 0 Å². The topological polar surface area (TPSA) is 64.9 Å². The van der Waals surface area contributed by atoms with Gasteiger partial charge < -0.3 is 11.5 Å². The van der Waals surface area contributed by atoms with E-state index in [0.717, 1.165) is 0 Å². The summed E-state index contributed by atoms with van der Waals surface area (Å²) in [6, 6.07) is 0. The number of halogens is 3. The quantitative estimate of drug-likeness (QED) is 0.552. The average Bonchev–Trinajstić information content (AvgIpc) is 1.97. The summed E-state index contributed by atoms with van der Waals surface area (Å²) in [7, 11) is 0. The largest absolute Gasteiger partial charge is 0.394 e. The first kappa shape index (κ1) is 7.64. The number of hydrogen-bond donors (Lipinski definition) is 2. The maximum Gasteiger partial charge on any atom is 0.253 e. The fourth-order valence-corrected chi connectivity index (χ4v) is 0.549. The molecule has 0 aliphatic rings. The Bertz CT molecular complexity index is 273. The van der Waals surface area contributed by atoms with Gasteiger partial charge in [0.2, 0.25) is 5.82 Å². The van der Waals surface area contributed by atoms with Crippen molar-refractivity contribution in [2.75, 3.05) is 11.5 Å². The van der Waals surface area contributed by atoms with E-state index in [2.05, 4.69) is 4.98 Å². The van der Waals surface area contributed by atoms with Crippen LogP contribution in [-0.4, -0.2) is 4.98 Å². The molecule has 3 nitrogen and oxygen atoms in total. The normalized spacial score (nSPS) is 10.1. The lowest BCUT2D eigenvalue weighted by Crippen LogP contribution is -2.06. The zero-order valence-corrected chi connectivity index (χ0v) is 5.24. The van der Waals surface area contributed by atoms with Crippen LogP contribution in [0.25, 0.3) is 0 Å². The Morgan fingerprint density at radius 2 is 1.55 bits per heavy atom. The molecule has 0 saturated carbocycles. The molecule has 0 amide bonds. The Morgan fingerprint density at radius 1 is 1.00 bits per heavy atom. The lowest BCUT2D eigenvalue weighted by Gasteiger charge is -2.00. The van der Waals surface area contributed by atoms with Gasteiger partial charge >= 0.3 is 0 Å². The summed E-state index contributed by atoms with van der Waals surface area (Å²) in [5.41, 5.74) is 8.64. The van der Waals surface area contributed by atoms with Crippen LogP contribution in [0.4, 0.5) is 24.7 Å². The monoisotopic (exact) mass is 163 g/mol. The number of nitrogens with zero attached hydrogens (tertiary/aromatic N) is 1. The smallest absolute Gasteiger partial charge is 0.253 e. The van der Waals surface area contributed by atoms with Crippen LogP contribution in [0, 0.1) is 17.6 Å². The Morgan fingerprint density at radius 3 is 2.09 bits per heavy atom. The van der Waals surface area contributed by atoms with Crippen molar-refractivity contribution >= 4 is 11.5 Å². The van der Waals surface area contributed by atoms with Crippen molar-refractivity contribution in [3.05, 3.63) is 17.6 Å². The Labute approximate surface area is 59.8 Å². The molecule has 0 radical (unpaired) electrons. The maximum absolute atomic E-state index is 12.5. The molecular formula is C5H4F3N3. The molecule has 0 aromatic carbocycles. The number of rotatable bonds is 0. The van der Waals surface area contributed by atoms with E-state index in [1.807, 2.05) is 0 Å². The summed E-state index contributed by atoms with van der Waals surface area (Å²) >= 11 is 0. The van der Waals surface area contributed by atoms with E-state index in [9.17, 15) is 13.2 Å². The van der Waals surface area contributed by atoms with Gasteiger partial charge in [-0.15, -0.1) is 0 Å². The summed E-state index contributed by atoms with van der Waals surface area (Å²) in [5.74, 6) is -5.00. The van der Waals surface area contributed by atoms with Crippen molar-refractivity contribution in [3.63, 3.8) is 0 Å². The van der Waals surface area contributed by atoms with Crippen molar-refractivity contribution in [2.24, 2.45) is 0 Å². The Kier molecular flexibility index (Phi) is 1.60. The molecule has 0 unspecified atom stereocenters. The standard InChI is InChI=1S/C5H4F3N3/c6-1-3(9)2(7)5(10)11-4(1)8/h(H4,9,10,11). The molecule has 11 heavy (non-hydrogen) atoms. The number of anilines is 2. The van der Waals surface area contributed by atoms with E-state index in [0.29, 0.717) is 0 Å². The molecule has 0 spiro atoms. The van der Waals surface area contributed by atoms with Crippen molar-refractivity contribution in [1.82, 2.24) is 4.98 Å². The first-order chi connectivity index (χ1) is 5.04. The van der Waals surface area contributed by atoms with Crippen molar-refractivity contribution in [3.8, 4) is 0 Å². The molecular weight excluding hydrogens is 159 g/mol. The zero-order chi connectivity index (χ0) is 8.59. The second-order valence-corrected chi connectivity index (χ2v) is 1.83. The third-order valence-electron chi connectivity index (χ3n) is 1.10. The van der Waals surface area contributed by atoms with Gasteiger partial charge in [-0.2, -0.15) is 13.8 Å². The summed E-state index contributed by atoms with van der Waals surface area (Å²) < 4.78 is 37.0. The van der Waals surface area contributed by atoms with Crippen LogP contribution in [-0.2, 0) is 0 Å². The minimum Gasteiger partial charge on any atom is -0.394 e. The number of aromatic nitrogens is 1. The highest BCUT2D eigenvalue weighted by Crippen LogP contribution is 2.19. The summed E-state index contributed by atoms with van der Waals surface area (Å²) in [4.78, 5) is 2.71. The summed E-state index contributed by atoms with van der Waals surface area (Å²) in [5, 5.41) is 0. The van der Waals surface area contributed by atoms with Gasteiger partial charge in [0.1, 0.15) is 5.69 Å². The molecule has 1 rings (SSSR count). The Hall–Kier alpha value is -1.46. The van der Waals surface area contributed by atoms with E-state index in [1.54, 1.807) is 0 Å². The average molecular weight is 163 g/mol. The van der Waals surface area contributed by atoms with Crippen LogP contribution in [0.1, 0.15) is 0 Å². The molecule has 6 heteroatoms. The zero-order valence-electron chi connectivity index (χ0n) is 5.24. The second-order valence-electron chi connectivity index (χ2n) is 1.83. The van der Waals surface area contributed by atoms with Crippen LogP contribution in [0.2, 0.25) is 0 Å². The van der Waals surface area contributed by atoms with Gasteiger partial charge in [-0.25, -0.2) is 4.39 Å². The Balaban J connectivity index is 3.46. The highest BCUT2D eigenvalue weighted by Gasteiger charge is 2.15. The van der Waals surface area contributed by atoms with Gasteiger partial charge in [0.05, 0.1) is 0 Å². The van der Waals surface area contributed by atoms with Crippen LogP contribution in [0.3, 0.4) is 0 Å². The highest BCUT2D eigenvalue weighted by atomic mass is 19.2. The number of hydrogen-bond acceptors (Lipinski definition) is 3. The van der Waals surface area contributed by atoms with Gasteiger partial charge in [-0.05, 0) is 0 Å². The van der Waals surface area contributed by atoms with E-state index in [1.165, 1.54) is 0 Å². The molecule has 0 bridgehead atoms. The molecule has 1 heterocycles. The van der Waals surface area contributed by atoms with Crippen molar-refractivity contribution in [1.29, 1.82) is 0 Å². The summed E-state index contributed by atoms with van der Waals surface area (Å²) in [6.07, 6.45) is 0. The first-order valence-corrected chi connectivity index (χ1v) is 2.59. The van der Waals surface area contributed by atoms with Crippen LogP contribution < -0.4 is 11.5 Å². The number of pyridine rings is 1. The van der Waals surface area contributed by atoms with Crippen LogP contribution in [0.5, 0.6) is 0 Å². The summed E-state index contributed by atoms with van der Waals surface area (Å²) in [6.45, 7) is 0. The highest BCUT2D eigenvalue weighted by molar-refractivity contribution is 5.49. The molecule has 0 atom stereocenters. The molecule has 1 aromatic heterocycles. The van der Waals surface area contributed by atoms with Gasteiger partial charge in [0.15, 0.2) is 11.6 Å². The van der Waals surface area contributed by atoms with E-state index >= 15 is 0 Å². The van der Waals surface area contributed by atoms with E-state index in [4.69, 9.17) is 11.5 Å². The second kappa shape index (κ2) is 2.30. The predicted octanol–water partition coefficient (Wildman–Crippen LogP) is 0.663. The number of nitrogen functional groups attached to an aromatic ring is 2. The lowest BCUT2D eigenvalue weighted by atomic mass is 10.3. The molecule has 60 valence electrons. The SMILES string of the molecule is Nc1nc(F)c(F)c(N)c1F. The third-order valence-corrected chi connectivity index (χ3v) is 1.10. The van der Waals surface area contributed by atoms with Gasteiger partial charge in [0, 0.05) is 0 Å². The van der Waals surface area contributed by atoms with Gasteiger partial charge in [0.25, 0.3) is 5.95 Å². The predicted molar refractivity (Wildman–Crippen MR) is 32.9 cm³/mol. The lowest BCUT2D eigenvalue weighted by molar-refractivity contribution is 0.472. The maximum atomic E-state index is 12.5. The minimum absolute atomic E-state index is 0.749. The molecule has 0 aliphatic heterocycles. The molecule has 0 aliphatic carbocycles. The minimum atomic E-state index is -1.52. The number of nitrogens with two attached hydrogens (primary N) is 2. The van der Waals surface area contributed by atoms with Crippen molar-refractivity contribution in [2.45, 2.75) is 0 Å². The van der Waals surface area contributed by atoms with Crippen molar-refractivity contribution < 1.29 is 13.2 Å². The molecule has 0 saturated heterocycles. The third kappa shape index (κ3) is 1.06. The van der Waals surface area contributed by atoms with Crippen LogP contribution in [0.15, 0.2) is 0 Å². The van der Waals surface area contributed by atoms with E-state index < -0.39 is 29.1 Å². The fraction of sp³-hybridized carbons (Fsp3) is 0. The first-order valence-electron chi connectivity index (χ1n) is 2.59. The molecule has 0 fully saturated rings. The van der Waals surface area contributed by atoms with Gasteiger partial charge in [-0.1, -0.05) is 0 Å². The molecule has 4 N–H and O–H groups in total.